The van der Waals surface area contributed by atoms with Gasteiger partial charge in [-0.2, -0.15) is 17.5 Å². The third-order valence-electron chi connectivity index (χ3n) is 7.40. The van der Waals surface area contributed by atoms with Crippen LogP contribution in [0.4, 0.5) is 24.8 Å². The van der Waals surface area contributed by atoms with E-state index in [1.54, 1.807) is 0 Å². The number of rotatable bonds is 7. The highest BCUT2D eigenvalue weighted by atomic mass is 32.2. The first-order chi connectivity index (χ1) is 18.2. The van der Waals surface area contributed by atoms with Gasteiger partial charge in [-0.15, -0.1) is 10.2 Å². The van der Waals surface area contributed by atoms with E-state index in [-0.39, 0.29) is 18.8 Å². The first-order valence-corrected chi connectivity index (χ1v) is 14.6. The normalized spacial score (nSPS) is 22.2. The first-order valence-electron chi connectivity index (χ1n) is 13.0. The van der Waals surface area contributed by atoms with E-state index in [9.17, 15) is 21.6 Å². The molecule has 0 saturated carbocycles. The molecule has 1 atom stereocenters. The van der Waals surface area contributed by atoms with Crippen molar-refractivity contribution >= 4 is 21.7 Å². The summed E-state index contributed by atoms with van der Waals surface area (Å²) in [6.45, 7) is 7.04. The van der Waals surface area contributed by atoms with Crippen LogP contribution in [0.3, 0.4) is 0 Å². The van der Waals surface area contributed by atoms with Gasteiger partial charge in [0.1, 0.15) is 0 Å². The molecular weight excluding hydrogens is 521 g/mol. The number of piperazine rings is 2. The Morgan fingerprint density at radius 2 is 1.42 bits per heavy atom. The highest BCUT2D eigenvalue weighted by Crippen LogP contribution is 2.29. The lowest BCUT2D eigenvalue weighted by Gasteiger charge is -2.36. The second-order valence-electron chi connectivity index (χ2n) is 10.0. The molecule has 38 heavy (non-hydrogen) atoms. The van der Waals surface area contributed by atoms with Crippen LogP contribution < -0.4 is 9.80 Å². The summed E-state index contributed by atoms with van der Waals surface area (Å²) < 4.78 is 71.2. The van der Waals surface area contributed by atoms with Gasteiger partial charge in [0.05, 0.1) is 17.4 Å². The third-order valence-corrected chi connectivity index (χ3v) is 9.25. The molecule has 208 valence electrons. The number of aromatic nitrogens is 2. The number of halogens is 3. The molecule has 3 aliphatic rings. The van der Waals surface area contributed by atoms with Gasteiger partial charge in [0.2, 0.25) is 10.0 Å². The summed E-state index contributed by atoms with van der Waals surface area (Å²) in [7, 11) is -3.65. The lowest BCUT2D eigenvalue weighted by Crippen LogP contribution is -2.49. The SMILES string of the molecule is O=S(=O)(Cc1ccc(C(F)(F)F)cc1)N1CCN(c2ccc(N3CCN(CC4CCCO4)CC3)nn2)CC1. The zero-order chi connectivity index (χ0) is 26.8. The second-order valence-corrected chi connectivity index (χ2v) is 12.0. The first kappa shape index (κ1) is 27.1. The molecular formula is C25H33F3N6O3S. The maximum absolute atomic E-state index is 12.9. The number of anilines is 2. The molecule has 1 aromatic carbocycles. The molecule has 5 rings (SSSR count). The molecule has 13 heteroatoms. The van der Waals surface area contributed by atoms with Gasteiger partial charge in [0, 0.05) is 65.5 Å². The monoisotopic (exact) mass is 554 g/mol. The maximum atomic E-state index is 12.9. The zero-order valence-electron chi connectivity index (χ0n) is 21.2. The lowest BCUT2D eigenvalue weighted by atomic mass is 10.1. The van der Waals surface area contributed by atoms with Gasteiger partial charge in [-0.05, 0) is 42.7 Å². The second kappa shape index (κ2) is 11.3. The molecule has 3 saturated heterocycles. The smallest absolute Gasteiger partial charge is 0.377 e. The van der Waals surface area contributed by atoms with Crippen molar-refractivity contribution in [2.75, 3.05) is 75.3 Å². The fraction of sp³-hybridized carbons (Fsp3) is 0.600. The van der Waals surface area contributed by atoms with Crippen LogP contribution in [0.25, 0.3) is 0 Å². The Bertz CT molecular complexity index is 1160. The standard InChI is InChI=1S/C25H33F3N6O3S/c26-25(27,28)21-5-3-20(4-6-21)19-38(35,36)34-15-13-33(14-16-34)24-8-7-23(29-30-24)32-11-9-31(10-12-32)18-22-2-1-17-37-22/h3-8,22H,1-2,9-19H2. The van der Waals surface area contributed by atoms with Crippen molar-refractivity contribution in [3.8, 4) is 0 Å². The lowest BCUT2D eigenvalue weighted by molar-refractivity contribution is -0.137. The van der Waals surface area contributed by atoms with Crippen LogP contribution in [0.5, 0.6) is 0 Å². The van der Waals surface area contributed by atoms with Gasteiger partial charge in [-0.3, -0.25) is 4.90 Å². The minimum absolute atomic E-state index is 0.277. The molecule has 3 aliphatic heterocycles. The van der Waals surface area contributed by atoms with Gasteiger partial charge in [-0.1, -0.05) is 12.1 Å². The van der Waals surface area contributed by atoms with Crippen molar-refractivity contribution in [3.63, 3.8) is 0 Å². The Morgan fingerprint density at radius 3 is 1.92 bits per heavy atom. The van der Waals surface area contributed by atoms with Crippen LogP contribution >= 0.6 is 0 Å². The van der Waals surface area contributed by atoms with Gasteiger partial charge < -0.3 is 14.5 Å². The fourth-order valence-electron chi connectivity index (χ4n) is 5.18. The van der Waals surface area contributed by atoms with Crippen LogP contribution in [-0.4, -0.2) is 99.4 Å². The van der Waals surface area contributed by atoms with Crippen LogP contribution in [0.2, 0.25) is 0 Å². The maximum Gasteiger partial charge on any atom is 0.416 e. The molecule has 9 nitrogen and oxygen atoms in total. The van der Waals surface area contributed by atoms with E-state index in [0.717, 1.165) is 70.1 Å². The summed E-state index contributed by atoms with van der Waals surface area (Å²) >= 11 is 0. The number of alkyl halides is 3. The van der Waals surface area contributed by atoms with E-state index >= 15 is 0 Å². The average molecular weight is 555 g/mol. The molecule has 3 fully saturated rings. The summed E-state index contributed by atoms with van der Waals surface area (Å²) in [4.78, 5) is 6.67. The summed E-state index contributed by atoms with van der Waals surface area (Å²) in [6, 6.07) is 8.15. The minimum Gasteiger partial charge on any atom is -0.377 e. The zero-order valence-corrected chi connectivity index (χ0v) is 22.0. The Kier molecular flexibility index (Phi) is 8.08. The number of nitrogens with zero attached hydrogens (tertiary/aromatic N) is 6. The Morgan fingerprint density at radius 1 is 0.842 bits per heavy atom. The van der Waals surface area contributed by atoms with Crippen molar-refractivity contribution < 1.29 is 26.3 Å². The number of sulfonamides is 1. The molecule has 0 radical (unpaired) electrons. The predicted octanol–water partition coefficient (Wildman–Crippen LogP) is 2.45. The minimum atomic E-state index is -4.45. The van der Waals surface area contributed by atoms with E-state index < -0.39 is 21.8 Å². The predicted molar refractivity (Wildman–Crippen MR) is 138 cm³/mol. The summed E-state index contributed by atoms with van der Waals surface area (Å²) in [5.41, 5.74) is -0.467. The average Bonchev–Trinajstić information content (AvgIpc) is 3.42. The van der Waals surface area contributed by atoms with Crippen molar-refractivity contribution in [2.24, 2.45) is 0 Å². The van der Waals surface area contributed by atoms with Gasteiger partial charge in [0.25, 0.3) is 0 Å². The summed E-state index contributed by atoms with van der Waals surface area (Å²) in [6.07, 6.45) is -1.79. The highest BCUT2D eigenvalue weighted by molar-refractivity contribution is 7.88. The Hall–Kier alpha value is -2.48. The molecule has 0 N–H and O–H groups in total. The van der Waals surface area contributed by atoms with Crippen molar-refractivity contribution in [3.05, 3.63) is 47.5 Å². The van der Waals surface area contributed by atoms with Crippen molar-refractivity contribution in [1.29, 1.82) is 0 Å². The van der Waals surface area contributed by atoms with Crippen molar-refractivity contribution in [1.82, 2.24) is 19.4 Å². The van der Waals surface area contributed by atoms with Crippen LogP contribution in [0.15, 0.2) is 36.4 Å². The quantitative estimate of drug-likeness (QED) is 0.517. The van der Waals surface area contributed by atoms with Gasteiger partial charge in [-0.25, -0.2) is 8.42 Å². The highest BCUT2D eigenvalue weighted by Gasteiger charge is 2.31. The van der Waals surface area contributed by atoms with Gasteiger partial charge >= 0.3 is 6.18 Å². The number of ether oxygens (including phenoxy) is 1. The van der Waals surface area contributed by atoms with Crippen LogP contribution in [0, 0.1) is 0 Å². The van der Waals surface area contributed by atoms with Crippen LogP contribution in [0.1, 0.15) is 24.0 Å². The number of benzene rings is 1. The van der Waals surface area contributed by atoms with Gasteiger partial charge in [0.15, 0.2) is 11.6 Å². The van der Waals surface area contributed by atoms with E-state index in [1.807, 2.05) is 17.0 Å². The summed E-state index contributed by atoms with van der Waals surface area (Å²) in [5.74, 6) is 1.20. The molecule has 0 spiro atoms. The van der Waals surface area contributed by atoms with Crippen molar-refractivity contribution in [2.45, 2.75) is 30.9 Å². The topological polar surface area (TPSA) is 82.1 Å². The van der Waals surface area contributed by atoms with E-state index in [2.05, 4.69) is 20.0 Å². The van der Waals surface area contributed by atoms with E-state index in [0.29, 0.717) is 30.6 Å². The molecule has 0 amide bonds. The summed E-state index contributed by atoms with van der Waals surface area (Å²) in [5, 5.41) is 8.84. The largest absolute Gasteiger partial charge is 0.416 e. The molecule has 1 unspecified atom stereocenters. The molecule has 2 aromatic rings. The molecule has 0 bridgehead atoms. The fourth-order valence-corrected chi connectivity index (χ4v) is 6.69. The molecule has 1 aromatic heterocycles. The molecule has 0 aliphatic carbocycles. The Balaban J connectivity index is 1.10. The number of hydrogen-bond donors (Lipinski definition) is 0. The van der Waals surface area contributed by atoms with E-state index in [1.165, 1.54) is 16.4 Å². The Labute approximate surface area is 221 Å². The molecule has 4 heterocycles. The van der Waals surface area contributed by atoms with Crippen LogP contribution in [-0.2, 0) is 26.7 Å². The number of hydrogen-bond acceptors (Lipinski definition) is 8. The van der Waals surface area contributed by atoms with E-state index in [4.69, 9.17) is 4.74 Å². The third kappa shape index (κ3) is 6.56.